The summed E-state index contributed by atoms with van der Waals surface area (Å²) < 4.78 is 10.1. The van der Waals surface area contributed by atoms with Crippen LogP contribution in [0, 0.1) is 0 Å². The van der Waals surface area contributed by atoms with Gasteiger partial charge in [0.1, 0.15) is 11.6 Å². The number of hydrogen-bond donors (Lipinski definition) is 2. The third-order valence-corrected chi connectivity index (χ3v) is 2.18. The summed E-state index contributed by atoms with van der Waals surface area (Å²) >= 11 is 0. The minimum Gasteiger partial charge on any atom is -0.464 e. The fourth-order valence-corrected chi connectivity index (χ4v) is 1.26. The molecule has 0 fully saturated rings. The Morgan fingerprint density at radius 1 is 1.21 bits per heavy atom. The molecule has 0 heterocycles. The van der Waals surface area contributed by atoms with Crippen LogP contribution < -0.4 is 11.1 Å². The Morgan fingerprint density at radius 3 is 2.37 bits per heavy atom. The number of rotatable bonds is 7. The van der Waals surface area contributed by atoms with E-state index >= 15 is 0 Å². The Kier molecular flexibility index (Phi) is 8.14. The van der Waals surface area contributed by atoms with Gasteiger partial charge in [0, 0.05) is 0 Å². The highest BCUT2D eigenvalue weighted by atomic mass is 16.6. The topological polar surface area (TPSA) is 90.6 Å². The van der Waals surface area contributed by atoms with Gasteiger partial charge in [-0.1, -0.05) is 0 Å². The molecule has 0 aromatic rings. The van der Waals surface area contributed by atoms with Gasteiger partial charge in [0.05, 0.1) is 6.61 Å². The fraction of sp³-hybridized carbons (Fsp3) is 0.846. The van der Waals surface area contributed by atoms with Gasteiger partial charge in [-0.05, 0) is 53.5 Å². The summed E-state index contributed by atoms with van der Waals surface area (Å²) in [5.41, 5.74) is 4.77. The molecule has 0 saturated carbocycles. The molecule has 0 aromatic carbocycles. The van der Waals surface area contributed by atoms with Crippen LogP contribution in [0.25, 0.3) is 0 Å². The highest BCUT2D eigenvalue weighted by Crippen LogP contribution is 2.07. The highest BCUT2D eigenvalue weighted by Gasteiger charge is 2.21. The molecule has 19 heavy (non-hydrogen) atoms. The minimum absolute atomic E-state index is 0.346. The zero-order chi connectivity index (χ0) is 14.9. The molecule has 0 aliphatic carbocycles. The second-order valence-corrected chi connectivity index (χ2v) is 5.38. The summed E-state index contributed by atoms with van der Waals surface area (Å²) in [6.45, 7) is 7.82. The third kappa shape index (κ3) is 10.3. The van der Waals surface area contributed by atoms with Crippen LogP contribution in [0.1, 0.15) is 47.0 Å². The van der Waals surface area contributed by atoms with Crippen molar-refractivity contribution in [3.8, 4) is 0 Å². The van der Waals surface area contributed by atoms with Crippen LogP contribution in [-0.2, 0) is 14.3 Å². The maximum atomic E-state index is 11.6. The maximum absolute atomic E-state index is 11.6. The molecule has 0 saturated heterocycles. The third-order valence-electron chi connectivity index (χ3n) is 2.18. The molecule has 0 aromatic heterocycles. The van der Waals surface area contributed by atoms with Crippen molar-refractivity contribution in [2.24, 2.45) is 5.73 Å². The molecule has 1 atom stereocenters. The number of alkyl carbamates (subject to hydrolysis) is 1. The minimum atomic E-state index is -0.718. The Hall–Kier alpha value is -1.30. The van der Waals surface area contributed by atoms with Crippen LogP contribution >= 0.6 is 0 Å². The first-order valence-corrected chi connectivity index (χ1v) is 6.62. The summed E-state index contributed by atoms with van der Waals surface area (Å²) in [6.07, 6.45) is 2.00. The van der Waals surface area contributed by atoms with Crippen LogP contribution in [0.15, 0.2) is 0 Å². The Balaban J connectivity index is 3.84. The van der Waals surface area contributed by atoms with Crippen LogP contribution in [-0.4, -0.2) is 36.9 Å². The lowest BCUT2D eigenvalue weighted by Crippen LogP contribution is -2.42. The van der Waals surface area contributed by atoms with Gasteiger partial charge in [-0.25, -0.2) is 9.59 Å². The first kappa shape index (κ1) is 17.7. The highest BCUT2D eigenvalue weighted by molar-refractivity contribution is 5.80. The molecular weight excluding hydrogens is 248 g/mol. The standard InChI is InChI=1S/C13H26N2O4/c1-10(15-12(17)19-13(2,3)4)11(16)18-9-7-5-6-8-14/h10H,5-9,14H2,1-4H3,(H,15,17)/t10-/m1/s1. The Labute approximate surface area is 115 Å². The summed E-state index contributed by atoms with van der Waals surface area (Å²) in [5.74, 6) is -0.460. The van der Waals surface area contributed by atoms with Gasteiger partial charge in [-0.3, -0.25) is 0 Å². The van der Waals surface area contributed by atoms with Gasteiger partial charge >= 0.3 is 12.1 Å². The van der Waals surface area contributed by atoms with E-state index < -0.39 is 23.7 Å². The van der Waals surface area contributed by atoms with Crippen LogP contribution in [0.5, 0.6) is 0 Å². The van der Waals surface area contributed by atoms with Gasteiger partial charge in [-0.2, -0.15) is 0 Å². The predicted molar refractivity (Wildman–Crippen MR) is 72.7 cm³/mol. The molecule has 3 N–H and O–H groups in total. The number of amides is 1. The largest absolute Gasteiger partial charge is 0.464 e. The van der Waals surface area contributed by atoms with Crippen molar-refractivity contribution in [3.05, 3.63) is 0 Å². The first-order valence-electron chi connectivity index (χ1n) is 6.62. The molecule has 0 spiro atoms. The number of hydrogen-bond acceptors (Lipinski definition) is 5. The van der Waals surface area contributed by atoms with E-state index in [1.807, 2.05) is 0 Å². The summed E-state index contributed by atoms with van der Waals surface area (Å²) in [6, 6.07) is -0.718. The number of ether oxygens (including phenoxy) is 2. The first-order chi connectivity index (χ1) is 8.76. The quantitative estimate of drug-likeness (QED) is 0.543. The zero-order valence-corrected chi connectivity index (χ0v) is 12.3. The summed E-state index contributed by atoms with van der Waals surface area (Å²) in [4.78, 5) is 23.0. The number of nitrogens with two attached hydrogens (primary N) is 1. The number of esters is 1. The summed E-state index contributed by atoms with van der Waals surface area (Å²) in [5, 5.41) is 2.43. The van der Waals surface area contributed by atoms with E-state index in [0.29, 0.717) is 13.2 Å². The number of nitrogens with one attached hydrogen (secondary N) is 1. The molecule has 0 rings (SSSR count). The van der Waals surface area contributed by atoms with Gasteiger partial charge in [0.25, 0.3) is 0 Å². The van der Waals surface area contributed by atoms with Crippen molar-refractivity contribution in [2.45, 2.75) is 58.6 Å². The molecule has 6 nitrogen and oxygen atoms in total. The zero-order valence-electron chi connectivity index (χ0n) is 12.3. The molecule has 6 heteroatoms. The SMILES string of the molecule is C[C@@H](NC(=O)OC(C)(C)C)C(=O)OCCCCCN. The molecule has 112 valence electrons. The average molecular weight is 274 g/mol. The van der Waals surface area contributed by atoms with E-state index in [1.165, 1.54) is 0 Å². The van der Waals surface area contributed by atoms with Crippen molar-refractivity contribution in [1.29, 1.82) is 0 Å². The Morgan fingerprint density at radius 2 is 1.84 bits per heavy atom. The maximum Gasteiger partial charge on any atom is 0.408 e. The molecule has 1 amide bonds. The van der Waals surface area contributed by atoms with E-state index in [9.17, 15) is 9.59 Å². The van der Waals surface area contributed by atoms with Crippen LogP contribution in [0.3, 0.4) is 0 Å². The number of carbonyl (C=O) groups excluding carboxylic acids is 2. The lowest BCUT2D eigenvalue weighted by Gasteiger charge is -2.21. The van der Waals surface area contributed by atoms with Gasteiger partial charge in [-0.15, -0.1) is 0 Å². The second-order valence-electron chi connectivity index (χ2n) is 5.38. The Bertz CT molecular complexity index is 287. The lowest BCUT2D eigenvalue weighted by atomic mass is 10.2. The lowest BCUT2D eigenvalue weighted by molar-refractivity contribution is -0.145. The second kappa shape index (κ2) is 8.74. The normalized spacial score (nSPS) is 12.7. The van der Waals surface area contributed by atoms with E-state index in [4.69, 9.17) is 15.2 Å². The molecule has 0 bridgehead atoms. The van der Waals surface area contributed by atoms with E-state index in [1.54, 1.807) is 27.7 Å². The van der Waals surface area contributed by atoms with E-state index in [-0.39, 0.29) is 0 Å². The molecule has 0 aliphatic heterocycles. The van der Waals surface area contributed by atoms with Gasteiger partial charge < -0.3 is 20.5 Å². The molecule has 0 unspecified atom stereocenters. The van der Waals surface area contributed by atoms with Crippen molar-refractivity contribution >= 4 is 12.1 Å². The van der Waals surface area contributed by atoms with Crippen molar-refractivity contribution in [1.82, 2.24) is 5.32 Å². The van der Waals surface area contributed by atoms with Crippen molar-refractivity contribution < 1.29 is 19.1 Å². The van der Waals surface area contributed by atoms with Crippen LogP contribution in [0.4, 0.5) is 4.79 Å². The van der Waals surface area contributed by atoms with Crippen LogP contribution in [0.2, 0.25) is 0 Å². The molecular formula is C13H26N2O4. The van der Waals surface area contributed by atoms with Crippen molar-refractivity contribution in [2.75, 3.05) is 13.2 Å². The summed E-state index contributed by atoms with van der Waals surface area (Å²) in [7, 11) is 0. The number of unbranched alkanes of at least 4 members (excludes halogenated alkanes) is 2. The van der Waals surface area contributed by atoms with E-state index in [0.717, 1.165) is 19.3 Å². The monoisotopic (exact) mass is 274 g/mol. The predicted octanol–water partition coefficient (Wildman–Crippen LogP) is 1.57. The fourth-order valence-electron chi connectivity index (χ4n) is 1.26. The number of carbonyl (C=O) groups is 2. The van der Waals surface area contributed by atoms with Gasteiger partial charge in [0.2, 0.25) is 0 Å². The average Bonchev–Trinajstić information content (AvgIpc) is 2.25. The van der Waals surface area contributed by atoms with Gasteiger partial charge in [0.15, 0.2) is 0 Å². The smallest absolute Gasteiger partial charge is 0.408 e. The molecule has 0 radical (unpaired) electrons. The van der Waals surface area contributed by atoms with Crippen molar-refractivity contribution in [3.63, 3.8) is 0 Å². The van der Waals surface area contributed by atoms with E-state index in [2.05, 4.69) is 5.32 Å². The molecule has 0 aliphatic rings.